The molecule has 70 valence electrons. The number of carbonyl (C=O) groups is 1. The molecule has 1 rings (SSSR count). The molecule has 3 nitrogen and oxygen atoms in total. The van der Waals surface area contributed by atoms with Crippen molar-refractivity contribution in [1.29, 1.82) is 0 Å². The summed E-state index contributed by atoms with van der Waals surface area (Å²) in [6.45, 7) is 1.74. The van der Waals surface area contributed by atoms with Gasteiger partial charge < -0.3 is 5.32 Å². The van der Waals surface area contributed by atoms with E-state index in [1.165, 1.54) is 6.20 Å². The van der Waals surface area contributed by atoms with Crippen LogP contribution in [0.2, 0.25) is 5.02 Å². The summed E-state index contributed by atoms with van der Waals surface area (Å²) in [6, 6.07) is 3.32. The van der Waals surface area contributed by atoms with Crippen molar-refractivity contribution < 1.29 is 4.79 Å². The van der Waals surface area contributed by atoms with Gasteiger partial charge in [0.1, 0.15) is 5.82 Å². The second-order valence-corrected chi connectivity index (χ2v) is 4.28. The van der Waals surface area contributed by atoms with E-state index in [0.717, 1.165) is 0 Å². The summed E-state index contributed by atoms with van der Waals surface area (Å²) in [5.74, 6) is 0.371. The zero-order valence-electron chi connectivity index (χ0n) is 6.92. The highest BCUT2D eigenvalue weighted by molar-refractivity contribution is 9.10. The number of nitrogens with zero attached hydrogens (tertiary/aromatic N) is 1. The molecule has 1 amide bonds. The number of carbonyl (C=O) groups excluding carboxylic acids is 1. The zero-order chi connectivity index (χ0) is 9.84. The topological polar surface area (TPSA) is 42.0 Å². The van der Waals surface area contributed by atoms with Gasteiger partial charge in [0.25, 0.3) is 0 Å². The van der Waals surface area contributed by atoms with Crippen molar-refractivity contribution in [2.75, 3.05) is 5.32 Å². The van der Waals surface area contributed by atoms with Crippen molar-refractivity contribution >= 4 is 39.3 Å². The van der Waals surface area contributed by atoms with E-state index in [1.807, 2.05) is 0 Å². The van der Waals surface area contributed by atoms with Crippen LogP contribution in [0, 0.1) is 0 Å². The van der Waals surface area contributed by atoms with Gasteiger partial charge in [-0.3, -0.25) is 4.79 Å². The Morgan fingerprint density at radius 3 is 2.85 bits per heavy atom. The molecule has 0 aliphatic rings. The lowest BCUT2D eigenvalue weighted by atomic mass is 10.4. The molecule has 0 spiro atoms. The van der Waals surface area contributed by atoms with Gasteiger partial charge in [-0.1, -0.05) is 27.5 Å². The molecular formula is C8H8BrClN2O. The molecule has 0 aliphatic heterocycles. The second kappa shape index (κ2) is 4.58. The number of anilines is 1. The fourth-order valence-corrected chi connectivity index (χ4v) is 0.902. The molecule has 1 unspecified atom stereocenters. The van der Waals surface area contributed by atoms with E-state index in [2.05, 4.69) is 26.2 Å². The number of alkyl halides is 1. The SMILES string of the molecule is CC(Br)C(=O)Nc1ccc(Cl)cn1. The number of rotatable bonds is 2. The van der Waals surface area contributed by atoms with Gasteiger partial charge >= 0.3 is 0 Å². The minimum Gasteiger partial charge on any atom is -0.310 e. The van der Waals surface area contributed by atoms with E-state index in [0.29, 0.717) is 10.8 Å². The Kier molecular flexibility index (Phi) is 3.69. The van der Waals surface area contributed by atoms with Gasteiger partial charge in [-0.25, -0.2) is 4.98 Å². The molecule has 0 saturated carbocycles. The van der Waals surface area contributed by atoms with Crippen LogP contribution in [0.25, 0.3) is 0 Å². The van der Waals surface area contributed by atoms with Crippen molar-refractivity contribution in [3.8, 4) is 0 Å². The van der Waals surface area contributed by atoms with Crippen LogP contribution in [0.15, 0.2) is 18.3 Å². The third kappa shape index (κ3) is 3.32. The highest BCUT2D eigenvalue weighted by Crippen LogP contribution is 2.10. The normalized spacial score (nSPS) is 12.2. The Morgan fingerprint density at radius 1 is 1.69 bits per heavy atom. The van der Waals surface area contributed by atoms with E-state index in [9.17, 15) is 4.79 Å². The number of pyridine rings is 1. The van der Waals surface area contributed by atoms with Crippen LogP contribution in [0.4, 0.5) is 5.82 Å². The predicted octanol–water partition coefficient (Wildman–Crippen LogP) is 2.46. The van der Waals surface area contributed by atoms with Gasteiger partial charge in [0, 0.05) is 6.20 Å². The summed E-state index contributed by atoms with van der Waals surface area (Å²) >= 11 is 8.77. The molecule has 0 saturated heterocycles. The first-order valence-electron chi connectivity index (χ1n) is 3.66. The molecule has 0 bridgehead atoms. The van der Waals surface area contributed by atoms with Crippen LogP contribution < -0.4 is 5.32 Å². The lowest BCUT2D eigenvalue weighted by Crippen LogP contribution is -2.20. The largest absolute Gasteiger partial charge is 0.310 e. The lowest BCUT2D eigenvalue weighted by Gasteiger charge is -2.04. The molecule has 0 fully saturated rings. The maximum Gasteiger partial charge on any atom is 0.239 e. The number of halogens is 2. The standard InChI is InChI=1S/C8H8BrClN2O/c1-5(9)8(13)12-7-3-2-6(10)4-11-7/h2-5H,1H3,(H,11,12,13). The van der Waals surface area contributed by atoms with Gasteiger partial charge in [0.15, 0.2) is 0 Å². The third-order valence-electron chi connectivity index (χ3n) is 1.34. The summed E-state index contributed by atoms with van der Waals surface area (Å²) in [5.41, 5.74) is 0. The minimum atomic E-state index is -0.232. The van der Waals surface area contributed by atoms with E-state index in [1.54, 1.807) is 19.1 Å². The molecule has 0 aliphatic carbocycles. The molecule has 1 atom stereocenters. The summed E-state index contributed by atoms with van der Waals surface area (Å²) < 4.78 is 0. The minimum absolute atomic E-state index is 0.130. The van der Waals surface area contributed by atoms with Crippen molar-refractivity contribution in [3.05, 3.63) is 23.4 Å². The number of hydrogen-bond acceptors (Lipinski definition) is 2. The van der Waals surface area contributed by atoms with Gasteiger partial charge in [-0.2, -0.15) is 0 Å². The first-order valence-corrected chi connectivity index (χ1v) is 4.95. The molecule has 13 heavy (non-hydrogen) atoms. The van der Waals surface area contributed by atoms with Gasteiger partial charge in [-0.15, -0.1) is 0 Å². The van der Waals surface area contributed by atoms with Crippen LogP contribution in [-0.2, 0) is 4.79 Å². The lowest BCUT2D eigenvalue weighted by molar-refractivity contribution is -0.115. The maximum absolute atomic E-state index is 11.2. The van der Waals surface area contributed by atoms with Crippen LogP contribution in [0.1, 0.15) is 6.92 Å². The molecule has 0 radical (unpaired) electrons. The number of amides is 1. The van der Waals surface area contributed by atoms with Gasteiger partial charge in [-0.05, 0) is 19.1 Å². The number of hydrogen-bond donors (Lipinski definition) is 1. The van der Waals surface area contributed by atoms with E-state index in [-0.39, 0.29) is 10.7 Å². The molecule has 1 heterocycles. The fraction of sp³-hybridized carbons (Fsp3) is 0.250. The highest BCUT2D eigenvalue weighted by Gasteiger charge is 2.08. The van der Waals surface area contributed by atoms with Crippen LogP contribution in [-0.4, -0.2) is 15.7 Å². The van der Waals surface area contributed by atoms with Crippen LogP contribution in [0.5, 0.6) is 0 Å². The number of nitrogens with one attached hydrogen (secondary N) is 1. The van der Waals surface area contributed by atoms with Crippen molar-refractivity contribution in [2.24, 2.45) is 0 Å². The zero-order valence-corrected chi connectivity index (χ0v) is 9.26. The Bertz CT molecular complexity index is 300. The predicted molar refractivity (Wildman–Crippen MR) is 56.3 cm³/mol. The number of aromatic nitrogens is 1. The molecule has 1 aromatic heterocycles. The summed E-state index contributed by atoms with van der Waals surface area (Å²) in [5, 5.41) is 3.16. The van der Waals surface area contributed by atoms with E-state index < -0.39 is 0 Å². The Labute approximate surface area is 89.6 Å². The quantitative estimate of drug-likeness (QED) is 0.833. The molecule has 1 aromatic rings. The van der Waals surface area contributed by atoms with E-state index in [4.69, 9.17) is 11.6 Å². The third-order valence-corrected chi connectivity index (χ3v) is 1.98. The van der Waals surface area contributed by atoms with Crippen LogP contribution in [0.3, 0.4) is 0 Å². The van der Waals surface area contributed by atoms with Gasteiger partial charge in [0.05, 0.1) is 9.85 Å². The molecule has 0 aromatic carbocycles. The average molecular weight is 264 g/mol. The Balaban J connectivity index is 2.65. The molecule has 5 heteroatoms. The summed E-state index contributed by atoms with van der Waals surface area (Å²) in [4.78, 5) is 14.9. The Morgan fingerprint density at radius 2 is 2.38 bits per heavy atom. The van der Waals surface area contributed by atoms with Gasteiger partial charge in [0.2, 0.25) is 5.91 Å². The monoisotopic (exact) mass is 262 g/mol. The summed E-state index contributed by atoms with van der Waals surface area (Å²) in [7, 11) is 0. The van der Waals surface area contributed by atoms with Crippen LogP contribution >= 0.6 is 27.5 Å². The summed E-state index contributed by atoms with van der Waals surface area (Å²) in [6.07, 6.45) is 1.48. The molecule has 1 N–H and O–H groups in total. The second-order valence-electron chi connectivity index (χ2n) is 2.47. The smallest absolute Gasteiger partial charge is 0.239 e. The first-order chi connectivity index (χ1) is 6.09. The molecular weight excluding hydrogens is 255 g/mol. The van der Waals surface area contributed by atoms with Crippen molar-refractivity contribution in [2.45, 2.75) is 11.8 Å². The first kappa shape index (κ1) is 10.5. The van der Waals surface area contributed by atoms with Crippen molar-refractivity contribution in [3.63, 3.8) is 0 Å². The average Bonchev–Trinajstić information content (AvgIpc) is 2.08. The maximum atomic E-state index is 11.2. The van der Waals surface area contributed by atoms with E-state index >= 15 is 0 Å². The van der Waals surface area contributed by atoms with Crippen molar-refractivity contribution in [1.82, 2.24) is 4.98 Å². The fourth-order valence-electron chi connectivity index (χ4n) is 0.675. The highest BCUT2D eigenvalue weighted by atomic mass is 79.9. The Hall–Kier alpha value is -0.610.